The van der Waals surface area contributed by atoms with Crippen LogP contribution < -0.4 is 0 Å². The van der Waals surface area contributed by atoms with Crippen molar-refractivity contribution >= 4 is 34.2 Å². The molecule has 1 atom stereocenters. The van der Waals surface area contributed by atoms with Crippen LogP contribution in [0.5, 0.6) is 0 Å². The molecule has 1 amide bonds. The van der Waals surface area contributed by atoms with Crippen LogP contribution in [0, 0.1) is 0 Å². The summed E-state index contributed by atoms with van der Waals surface area (Å²) >= 11 is 5.98. The van der Waals surface area contributed by atoms with Gasteiger partial charge in [0.2, 0.25) is 0 Å². The summed E-state index contributed by atoms with van der Waals surface area (Å²) < 4.78 is 0. The van der Waals surface area contributed by atoms with Crippen molar-refractivity contribution in [2.75, 3.05) is 6.54 Å². The summed E-state index contributed by atoms with van der Waals surface area (Å²) in [5.41, 5.74) is 2.98. The van der Waals surface area contributed by atoms with Gasteiger partial charge in [0, 0.05) is 28.7 Å². The van der Waals surface area contributed by atoms with Crippen LogP contribution in [-0.4, -0.2) is 33.2 Å². The third kappa shape index (κ3) is 3.08. The molecule has 0 unspecified atom stereocenters. The largest absolute Gasteiger partial charge is 0.503 e. The molecule has 0 bridgehead atoms. The fourth-order valence-corrected chi connectivity index (χ4v) is 3.94. The molecule has 2 heterocycles. The van der Waals surface area contributed by atoms with Crippen LogP contribution in [0.15, 0.2) is 66.1 Å². The fraction of sp³-hybridized carbons (Fsp3) is 0.182. The van der Waals surface area contributed by atoms with Crippen LogP contribution in [0.4, 0.5) is 0 Å². The maximum atomic E-state index is 12.7. The lowest BCUT2D eigenvalue weighted by atomic mass is 9.96. The first-order chi connectivity index (χ1) is 13.5. The number of H-pyrrole nitrogens is 1. The Hall–Kier alpha value is -3.05. The van der Waals surface area contributed by atoms with Gasteiger partial charge in [-0.2, -0.15) is 0 Å². The third-order valence-corrected chi connectivity index (χ3v) is 5.42. The van der Waals surface area contributed by atoms with Crippen LogP contribution >= 0.6 is 11.6 Å². The van der Waals surface area contributed by atoms with Crippen molar-refractivity contribution in [3.05, 3.63) is 82.2 Å². The van der Waals surface area contributed by atoms with Gasteiger partial charge in [-0.3, -0.25) is 9.59 Å². The van der Waals surface area contributed by atoms with E-state index < -0.39 is 17.7 Å². The van der Waals surface area contributed by atoms with Crippen molar-refractivity contribution in [3.63, 3.8) is 0 Å². The van der Waals surface area contributed by atoms with Crippen LogP contribution in [0.2, 0.25) is 5.02 Å². The Labute approximate surface area is 167 Å². The minimum absolute atomic E-state index is 0.131. The third-order valence-electron chi connectivity index (χ3n) is 5.17. The molecule has 1 aliphatic heterocycles. The number of nitrogens with zero attached hydrogens (tertiary/aromatic N) is 1. The number of carbonyl (C=O) groups excluding carboxylic acids is 2. The van der Waals surface area contributed by atoms with E-state index in [1.807, 2.05) is 30.5 Å². The highest BCUT2D eigenvalue weighted by Gasteiger charge is 2.42. The molecule has 6 heteroatoms. The molecule has 0 aliphatic carbocycles. The quantitative estimate of drug-likeness (QED) is 0.675. The summed E-state index contributed by atoms with van der Waals surface area (Å²) in [6, 6.07) is 14.3. The molecule has 28 heavy (non-hydrogen) atoms. The number of Topliss-reactive ketones (excluding diaryl/α,β-unsaturated/α-hetero) is 1. The SMILES string of the molecule is CC(=O)C1=C(O)C(=O)N(CCc2c[nH]c3ccccc23)[C@@H]1c1ccc(Cl)cc1. The number of rotatable bonds is 5. The molecule has 0 spiro atoms. The molecule has 0 radical (unpaired) electrons. The van der Waals surface area contributed by atoms with Gasteiger partial charge in [-0.25, -0.2) is 0 Å². The van der Waals surface area contributed by atoms with Crippen LogP contribution in [-0.2, 0) is 16.0 Å². The molecule has 2 N–H and O–H groups in total. The topological polar surface area (TPSA) is 73.4 Å². The van der Waals surface area contributed by atoms with E-state index in [1.165, 1.54) is 6.92 Å². The van der Waals surface area contributed by atoms with Crippen LogP contribution in [0.3, 0.4) is 0 Å². The number of aliphatic hydroxyl groups is 1. The Bertz CT molecular complexity index is 1100. The van der Waals surface area contributed by atoms with E-state index >= 15 is 0 Å². The summed E-state index contributed by atoms with van der Waals surface area (Å²) in [7, 11) is 0. The Morgan fingerprint density at radius 3 is 2.61 bits per heavy atom. The van der Waals surface area contributed by atoms with Crippen LogP contribution in [0.1, 0.15) is 24.1 Å². The second-order valence-electron chi connectivity index (χ2n) is 6.88. The minimum Gasteiger partial charge on any atom is -0.503 e. The highest BCUT2D eigenvalue weighted by atomic mass is 35.5. The van der Waals surface area contributed by atoms with E-state index in [1.54, 1.807) is 29.2 Å². The fourth-order valence-electron chi connectivity index (χ4n) is 3.81. The zero-order chi connectivity index (χ0) is 19.8. The minimum atomic E-state index is -0.618. The Morgan fingerprint density at radius 1 is 1.18 bits per heavy atom. The van der Waals surface area contributed by atoms with Gasteiger partial charge < -0.3 is 15.0 Å². The number of aromatic nitrogens is 1. The standard InChI is InChI=1S/C22H19ClN2O3/c1-13(26)19-20(14-6-8-16(23)9-7-14)25(22(28)21(19)27)11-10-15-12-24-18-5-3-2-4-17(15)18/h2-9,12,20,24,27H,10-11H2,1H3/t20-/m1/s1. The normalized spacial score (nSPS) is 17.0. The number of hydrogen-bond acceptors (Lipinski definition) is 3. The number of halogens is 1. The highest BCUT2D eigenvalue weighted by molar-refractivity contribution is 6.30. The summed E-state index contributed by atoms with van der Waals surface area (Å²) in [4.78, 5) is 29.7. The van der Waals surface area contributed by atoms with Gasteiger partial charge in [0.15, 0.2) is 11.5 Å². The number of carbonyl (C=O) groups is 2. The lowest BCUT2D eigenvalue weighted by molar-refractivity contribution is -0.129. The lowest BCUT2D eigenvalue weighted by Gasteiger charge is -2.26. The smallest absolute Gasteiger partial charge is 0.290 e. The number of hydrogen-bond donors (Lipinski definition) is 2. The Morgan fingerprint density at radius 2 is 1.89 bits per heavy atom. The molecule has 0 fully saturated rings. The predicted octanol–water partition coefficient (Wildman–Crippen LogP) is 4.35. The summed E-state index contributed by atoms with van der Waals surface area (Å²) in [5, 5.41) is 12.0. The molecule has 3 aromatic rings. The molecule has 4 rings (SSSR count). The van der Waals surface area contributed by atoms with E-state index in [4.69, 9.17) is 11.6 Å². The number of aromatic amines is 1. The van der Waals surface area contributed by atoms with Gasteiger partial charge in [0.25, 0.3) is 5.91 Å². The van der Waals surface area contributed by atoms with E-state index in [9.17, 15) is 14.7 Å². The van der Waals surface area contributed by atoms with Gasteiger partial charge in [0.1, 0.15) is 0 Å². The number of benzene rings is 2. The van der Waals surface area contributed by atoms with Crippen molar-refractivity contribution in [2.45, 2.75) is 19.4 Å². The average molecular weight is 395 g/mol. The molecule has 0 saturated carbocycles. The summed E-state index contributed by atoms with van der Waals surface area (Å²) in [5.74, 6) is -1.31. The maximum absolute atomic E-state index is 12.7. The second-order valence-corrected chi connectivity index (χ2v) is 7.32. The first-order valence-corrected chi connectivity index (χ1v) is 9.40. The van der Waals surface area contributed by atoms with Crippen molar-refractivity contribution in [3.8, 4) is 0 Å². The number of para-hydroxylation sites is 1. The predicted molar refractivity (Wildman–Crippen MR) is 108 cm³/mol. The van der Waals surface area contributed by atoms with Gasteiger partial charge in [-0.1, -0.05) is 41.9 Å². The van der Waals surface area contributed by atoms with Crippen LogP contribution in [0.25, 0.3) is 10.9 Å². The first kappa shape index (κ1) is 18.3. The van der Waals surface area contributed by atoms with Crippen molar-refractivity contribution < 1.29 is 14.7 Å². The molecular weight excluding hydrogens is 376 g/mol. The number of fused-ring (bicyclic) bond motifs is 1. The van der Waals surface area contributed by atoms with E-state index in [0.717, 1.165) is 22.0 Å². The van der Waals surface area contributed by atoms with Gasteiger partial charge >= 0.3 is 0 Å². The summed E-state index contributed by atoms with van der Waals surface area (Å²) in [6.07, 6.45) is 2.53. The van der Waals surface area contributed by atoms with E-state index in [-0.39, 0.29) is 11.4 Å². The maximum Gasteiger partial charge on any atom is 0.290 e. The first-order valence-electron chi connectivity index (χ1n) is 9.03. The van der Waals surface area contributed by atoms with Gasteiger partial charge in [0.05, 0.1) is 11.6 Å². The molecule has 1 aromatic heterocycles. The Kier molecular flexibility index (Phi) is 4.69. The van der Waals surface area contributed by atoms with Gasteiger partial charge in [-0.05, 0) is 42.7 Å². The molecule has 0 saturated heterocycles. The van der Waals surface area contributed by atoms with Crippen molar-refractivity contribution in [1.29, 1.82) is 0 Å². The number of amides is 1. The summed E-state index contributed by atoms with van der Waals surface area (Å²) in [6.45, 7) is 1.74. The molecule has 2 aromatic carbocycles. The average Bonchev–Trinajstić information content (AvgIpc) is 3.20. The van der Waals surface area contributed by atoms with Crippen molar-refractivity contribution in [1.82, 2.24) is 9.88 Å². The lowest BCUT2D eigenvalue weighted by Crippen LogP contribution is -2.32. The monoisotopic (exact) mass is 394 g/mol. The second kappa shape index (κ2) is 7.17. The molecule has 1 aliphatic rings. The van der Waals surface area contributed by atoms with E-state index in [0.29, 0.717) is 18.0 Å². The Balaban J connectivity index is 1.67. The number of nitrogens with one attached hydrogen (secondary N) is 1. The van der Waals surface area contributed by atoms with Gasteiger partial charge in [-0.15, -0.1) is 0 Å². The molecular formula is C22H19ClN2O3. The van der Waals surface area contributed by atoms with E-state index in [2.05, 4.69) is 4.98 Å². The zero-order valence-electron chi connectivity index (χ0n) is 15.3. The number of aliphatic hydroxyl groups excluding tert-OH is 1. The number of ketones is 1. The molecule has 142 valence electrons. The van der Waals surface area contributed by atoms with Crippen molar-refractivity contribution in [2.24, 2.45) is 0 Å². The highest BCUT2D eigenvalue weighted by Crippen LogP contribution is 2.38. The zero-order valence-corrected chi connectivity index (χ0v) is 16.0. The molecule has 5 nitrogen and oxygen atoms in total.